The molecular weight excluding hydrogens is 1800 g/mol. The van der Waals surface area contributed by atoms with Crippen molar-refractivity contribution in [1.82, 2.24) is 74.3 Å². The average Bonchev–Trinajstić information content (AvgIpc) is 0.843. The van der Waals surface area contributed by atoms with Crippen LogP contribution in [-0.4, -0.2) is 193 Å². The number of nitro groups is 3. The van der Waals surface area contributed by atoms with E-state index in [0.717, 1.165) is 138 Å². The van der Waals surface area contributed by atoms with Crippen LogP contribution >= 0.6 is 11.6 Å². The monoisotopic (exact) mass is 1910 g/mol. The molecule has 0 unspecified atom stereocenters. The molecule has 0 atom stereocenters. The summed E-state index contributed by atoms with van der Waals surface area (Å²) in [4.78, 5) is 123. The number of rotatable bonds is 23. The Labute approximate surface area is 816 Å². The number of anilines is 9. The van der Waals surface area contributed by atoms with Crippen LogP contribution in [0.3, 0.4) is 0 Å². The van der Waals surface area contributed by atoms with Crippen LogP contribution in [0.15, 0.2) is 292 Å². The van der Waals surface area contributed by atoms with E-state index in [-0.39, 0.29) is 42.1 Å². The number of benzene rings is 7. The first-order chi connectivity index (χ1) is 66.8. The molecule has 722 valence electrons. The number of carbonyl (C=O) groups excluding carboxylic acids is 3. The van der Waals surface area contributed by atoms with Crippen molar-refractivity contribution in [3.05, 3.63) is 373 Å². The van der Waals surface area contributed by atoms with Crippen molar-refractivity contribution in [1.29, 1.82) is 5.26 Å². The third-order valence-electron chi connectivity index (χ3n) is 20.8. The zero-order valence-electron chi connectivity index (χ0n) is 78.1. The normalized spacial score (nSPS) is 11.9. The summed E-state index contributed by atoms with van der Waals surface area (Å²) in [5.74, 6) is 1.09. The van der Waals surface area contributed by atoms with Crippen molar-refractivity contribution in [2.75, 3.05) is 113 Å². The molecule has 16 rings (SSSR count). The van der Waals surface area contributed by atoms with Crippen LogP contribution in [0.1, 0.15) is 77.4 Å². The number of halogens is 1. The number of nitrogen functional groups attached to an aromatic ring is 2. The molecule has 2 saturated heterocycles. The Morgan fingerprint density at radius 2 is 0.864 bits per heavy atom. The van der Waals surface area contributed by atoms with Gasteiger partial charge in [0.15, 0.2) is 17.9 Å². The Bertz CT molecular complexity index is 6520. The van der Waals surface area contributed by atoms with Gasteiger partial charge in [-0.3, -0.25) is 74.5 Å². The van der Waals surface area contributed by atoms with Crippen molar-refractivity contribution < 1.29 is 29.2 Å². The number of ketones is 1. The van der Waals surface area contributed by atoms with E-state index >= 15 is 0 Å². The highest BCUT2D eigenvalue weighted by Gasteiger charge is 2.19. The number of nitro benzene ring substituents is 3. The number of hydrogen-bond acceptors (Lipinski definition) is 32. The predicted molar refractivity (Wildman–Crippen MR) is 550 cm³/mol. The summed E-state index contributed by atoms with van der Waals surface area (Å²) in [5, 5.41) is 50.8. The molecule has 7 aromatic carbocycles. The number of guanidine groups is 1. The van der Waals surface area contributed by atoms with Crippen LogP contribution in [-0.2, 0) is 13.1 Å². The number of likely N-dealkylation sites (N-methyl/N-ethyl adjacent to an activating group) is 2. The Morgan fingerprint density at radius 1 is 0.479 bits per heavy atom. The van der Waals surface area contributed by atoms with E-state index < -0.39 is 20.0 Å². The van der Waals surface area contributed by atoms with Crippen molar-refractivity contribution in [3.8, 4) is 40.0 Å². The number of pyridine rings is 4. The average molecular weight is 1910 g/mol. The van der Waals surface area contributed by atoms with Crippen LogP contribution in [0.5, 0.6) is 0 Å². The summed E-state index contributed by atoms with van der Waals surface area (Å²) in [6.07, 6.45) is 23.2. The Kier molecular flexibility index (Phi) is 42.8. The van der Waals surface area contributed by atoms with E-state index in [1.165, 1.54) is 59.8 Å². The molecule has 1 amide bonds. The van der Waals surface area contributed by atoms with Crippen LogP contribution in [0.4, 0.5) is 74.7 Å². The van der Waals surface area contributed by atoms with Gasteiger partial charge in [-0.2, -0.15) is 5.26 Å². The first-order valence-corrected chi connectivity index (χ1v) is 43.6. The highest BCUT2D eigenvalue weighted by atomic mass is 35.5. The standard InChI is InChI=1S/C29H31N7O.C16H13N5O2.C16H15N5.C13H17ClN2O.C10H12N2O.C8H10N4O2.C7H8N2O2.CH2N2.CH4/c1-21-5-10-25(18-27(21)34-29-31-13-11-26(33-29)24-4-3-12-30-19-24)32-28(37)23-8-6-22(7-9-23)20-36-16-14-35(2)15-17-36;1-11-4-5-13(21(22)23)9-15(11)20-16-18-8-6-14(19-16)12-3-2-7-17-10-12;1-11-4-5-13(17)9-15(11)21-16-19-8-6-14(20-16)12-3-2-7-18-10-12;1-15-6-8-16(9-7-15)10-11-2-4-12(5-3-11)13(14)17;1-12(2)7-5-10(13)9-4-3-6-11-8-9;1-5-2-3-6(12(13)14)4-7(5)11-8(9)10;1-5-2-3-6(9(10)11)4-7(5)8;2-1-3;/h3-13,18-19H,14-17,20H2,1-2H3,(H,32,37)(H,31,33,34);2-10H,1H3,(H,18,19,20);2-10H,17H2,1H3,(H,19,20,21);2-5H,6-10H2,1H3;3-8H,1-2H3;2-4H,1H3,(H4,9,10,11);2-4H,8H2,1H3;2H2;1H4/b;;;;7-5+;;;;. The van der Waals surface area contributed by atoms with Crippen LogP contribution in [0.2, 0.25) is 0 Å². The number of amides is 1. The zero-order valence-corrected chi connectivity index (χ0v) is 78.8. The summed E-state index contributed by atoms with van der Waals surface area (Å²) in [5.41, 5.74) is 44.3. The van der Waals surface area contributed by atoms with Gasteiger partial charge in [-0.1, -0.05) is 62.0 Å². The van der Waals surface area contributed by atoms with Crippen LogP contribution < -0.4 is 49.9 Å². The SMILES string of the molecule is C.CN(C)/C=C/C(=O)c1cccnc1.CN1CCN(Cc2ccc(C(=O)Cl)cc2)CC1.Cc1ccc(N)cc1Nc1nccc(-c2cccnc2)n1.Cc1ccc(NC(=O)c2ccc(CN3CCN(C)CC3)cc2)cc1Nc1nccc(-c2cccnc2)n1.Cc1ccc([N+](=O)[O-])cc1N.Cc1ccc([N+](=O)[O-])cc1N=C(N)N.Cc1ccc([N+](=O)[O-])cc1Nc1nccc(-c2cccnc2)n1.N#CN. The highest BCUT2D eigenvalue weighted by Crippen LogP contribution is 2.31. The molecule has 0 bridgehead atoms. The number of aliphatic imine (C=N–C) groups is 1. The van der Waals surface area contributed by atoms with Gasteiger partial charge in [0.1, 0.15) is 0 Å². The number of nitrogens with two attached hydrogens (primary N) is 5. The zero-order chi connectivity index (χ0) is 100. The lowest BCUT2D eigenvalue weighted by molar-refractivity contribution is -0.385. The third-order valence-corrected chi connectivity index (χ3v) is 21.0. The van der Waals surface area contributed by atoms with Gasteiger partial charge in [0.05, 0.1) is 43.2 Å². The molecule has 2 aliphatic heterocycles. The van der Waals surface area contributed by atoms with Gasteiger partial charge in [0.25, 0.3) is 28.2 Å². The van der Waals surface area contributed by atoms with Gasteiger partial charge in [-0.25, -0.2) is 34.9 Å². The molecule has 0 saturated carbocycles. The summed E-state index contributed by atoms with van der Waals surface area (Å²) in [6, 6.07) is 60.6. The first kappa shape index (κ1) is 108. The predicted octanol–water partition coefficient (Wildman–Crippen LogP) is 16.8. The summed E-state index contributed by atoms with van der Waals surface area (Å²) in [7, 11) is 8.05. The lowest BCUT2D eigenvalue weighted by Crippen LogP contribution is -2.43. The number of aryl methyl sites for hydroxylation is 5. The number of carbonyl (C=O) groups is 3. The van der Waals surface area contributed by atoms with E-state index in [1.54, 1.807) is 137 Å². The second-order valence-electron chi connectivity index (χ2n) is 31.6. The van der Waals surface area contributed by atoms with Crippen LogP contribution in [0, 0.1) is 76.4 Å². The maximum absolute atomic E-state index is 12.9. The fourth-order valence-electron chi connectivity index (χ4n) is 12.9. The number of nitrogens with one attached hydrogen (secondary N) is 4. The fraction of sp³-hybridized carbons (Fsp3) is 0.198. The van der Waals surface area contributed by atoms with Gasteiger partial charge in [0.2, 0.25) is 17.8 Å². The molecule has 140 heavy (non-hydrogen) atoms. The molecule has 2 aliphatic rings. The van der Waals surface area contributed by atoms with Gasteiger partial charge < -0.3 is 64.6 Å². The molecule has 2 fully saturated rings. The van der Waals surface area contributed by atoms with Crippen molar-refractivity contribution >= 4 is 109 Å². The highest BCUT2D eigenvalue weighted by molar-refractivity contribution is 6.67. The topological polar surface area (TPSA) is 540 Å². The first-order valence-electron chi connectivity index (χ1n) is 43.2. The Balaban J connectivity index is 0.000000207. The van der Waals surface area contributed by atoms with Crippen molar-refractivity contribution in [2.45, 2.75) is 55.1 Å². The Morgan fingerprint density at radius 3 is 1.26 bits per heavy atom. The smallest absolute Gasteiger partial charge is 0.271 e. The molecule has 9 heterocycles. The minimum Gasteiger partial charge on any atom is -0.399 e. The molecule has 0 radical (unpaired) electrons. The number of aromatic nitrogens is 10. The molecule has 38 nitrogen and oxygen atoms in total. The molecule has 39 heteroatoms. The molecule has 14 aromatic rings. The lowest BCUT2D eigenvalue weighted by atomic mass is 10.1. The fourth-order valence-corrected chi connectivity index (χ4v) is 13.0. The number of nitrogens with zero attached hydrogens (tertiary/aromatic N) is 20. The van der Waals surface area contributed by atoms with Gasteiger partial charge in [-0.05, 0) is 215 Å². The molecule has 14 N–H and O–H groups in total. The maximum Gasteiger partial charge on any atom is 0.271 e. The van der Waals surface area contributed by atoms with Gasteiger partial charge in [0, 0.05) is 258 Å². The second-order valence-corrected chi connectivity index (χ2v) is 32.0. The number of hydrogen-bond donors (Lipinski definition) is 9. The second kappa shape index (κ2) is 55.5. The molecule has 7 aromatic heterocycles. The van der Waals surface area contributed by atoms with E-state index in [1.807, 2.05) is 161 Å². The lowest BCUT2D eigenvalue weighted by Gasteiger charge is -2.32. The van der Waals surface area contributed by atoms with E-state index in [4.69, 9.17) is 39.8 Å². The molecular formula is C101H112ClN29O9. The van der Waals surface area contributed by atoms with Crippen molar-refractivity contribution in [2.24, 2.45) is 22.2 Å². The summed E-state index contributed by atoms with van der Waals surface area (Å²) in [6.45, 7) is 20.1. The van der Waals surface area contributed by atoms with E-state index in [2.05, 4.69) is 116 Å². The van der Waals surface area contributed by atoms with Gasteiger partial charge >= 0.3 is 0 Å². The number of piperazine rings is 2. The molecule has 0 spiro atoms. The summed E-state index contributed by atoms with van der Waals surface area (Å²) >= 11 is 5.41. The van der Waals surface area contributed by atoms with Crippen LogP contribution in [0.25, 0.3) is 33.8 Å². The number of nitriles is 1. The number of allylic oxidation sites excluding steroid dienone is 1. The quantitative estimate of drug-likeness (QED) is 0.00274. The minimum atomic E-state index is -0.495. The van der Waals surface area contributed by atoms with Crippen molar-refractivity contribution in [3.63, 3.8) is 0 Å². The maximum atomic E-state index is 12.9. The Hall–Kier alpha value is -17.4. The van der Waals surface area contributed by atoms with E-state index in [9.17, 15) is 44.7 Å². The largest absolute Gasteiger partial charge is 0.399 e. The van der Waals surface area contributed by atoms with Gasteiger partial charge in [-0.15, -0.1) is 0 Å². The summed E-state index contributed by atoms with van der Waals surface area (Å²) < 4.78 is 0. The molecule has 0 aliphatic carbocycles. The number of non-ortho nitro benzene ring substituents is 3. The minimum absolute atomic E-state index is 0. The third kappa shape index (κ3) is 36.1. The van der Waals surface area contributed by atoms with E-state index in [0.29, 0.717) is 63.0 Å².